The van der Waals surface area contributed by atoms with Crippen LogP contribution in [0.1, 0.15) is 6.42 Å². The van der Waals surface area contributed by atoms with Crippen LogP contribution in [0.2, 0.25) is 50.4 Å². The summed E-state index contributed by atoms with van der Waals surface area (Å²) in [6, 6.07) is 0. The third-order valence-corrected chi connectivity index (χ3v) is 10.4. The third kappa shape index (κ3) is 1.91. The molecule has 0 radical (unpaired) electrons. The molecule has 2 aliphatic rings. The fourth-order valence-electron chi connectivity index (χ4n) is 4.18. The maximum absolute atomic E-state index is 2.58. The summed E-state index contributed by atoms with van der Waals surface area (Å²) in [5.41, 5.74) is 2.17. The Hall–Kier alpha value is 0.174. The predicted octanol–water partition coefficient (Wildman–Crippen LogP) is 4.61. The van der Waals surface area contributed by atoms with E-state index in [4.69, 9.17) is 0 Å². The van der Waals surface area contributed by atoms with Crippen molar-refractivity contribution in [1.29, 1.82) is 0 Å². The maximum atomic E-state index is 2.58. The van der Waals surface area contributed by atoms with E-state index in [2.05, 4.69) is 51.4 Å². The van der Waals surface area contributed by atoms with Crippen LogP contribution in [-0.4, -0.2) is 16.1 Å². The van der Waals surface area contributed by atoms with Crippen molar-refractivity contribution < 1.29 is 0 Å². The predicted molar refractivity (Wildman–Crippen MR) is 74.9 cm³/mol. The number of hydrogen-bond donors (Lipinski definition) is 0. The van der Waals surface area contributed by atoms with Crippen LogP contribution in [-0.2, 0) is 0 Å². The first-order chi connectivity index (χ1) is 6.71. The first-order valence-corrected chi connectivity index (χ1v) is 13.5. The van der Waals surface area contributed by atoms with Crippen LogP contribution in [0, 0.1) is 11.8 Å². The van der Waals surface area contributed by atoms with Crippen LogP contribution in [0.4, 0.5) is 0 Å². The van der Waals surface area contributed by atoms with Gasteiger partial charge in [-0.15, -0.1) is 0 Å². The van der Waals surface area contributed by atoms with Crippen LogP contribution >= 0.6 is 0 Å². The van der Waals surface area contributed by atoms with E-state index in [1.165, 1.54) is 6.42 Å². The second-order valence-electron chi connectivity index (χ2n) is 7.73. The van der Waals surface area contributed by atoms with Crippen LogP contribution in [0.15, 0.2) is 12.2 Å². The molecule has 86 valence electrons. The molecule has 0 nitrogen and oxygen atoms in total. The van der Waals surface area contributed by atoms with Crippen LogP contribution in [0.3, 0.4) is 0 Å². The Kier molecular flexibility index (Phi) is 2.59. The van der Waals surface area contributed by atoms with E-state index >= 15 is 0 Å². The highest BCUT2D eigenvalue weighted by Crippen LogP contribution is 2.62. The molecule has 1 saturated carbocycles. The molecule has 0 N–H and O–H groups in total. The normalized spacial score (nSPS) is 40.1. The Morgan fingerprint density at radius 1 is 0.733 bits per heavy atom. The molecule has 2 aliphatic carbocycles. The molecular weight excluding hydrogens is 212 g/mol. The Bertz CT molecular complexity index is 252. The molecule has 0 aromatic carbocycles. The molecule has 0 spiro atoms. The monoisotopic (exact) mass is 238 g/mol. The van der Waals surface area contributed by atoms with Gasteiger partial charge in [-0.05, 0) is 29.3 Å². The number of fused-ring (bicyclic) bond motifs is 2. The van der Waals surface area contributed by atoms with Crippen LogP contribution in [0.5, 0.6) is 0 Å². The van der Waals surface area contributed by atoms with Crippen LogP contribution in [0.25, 0.3) is 0 Å². The molecule has 4 atom stereocenters. The van der Waals surface area contributed by atoms with E-state index in [0.717, 1.165) is 22.9 Å². The summed E-state index contributed by atoms with van der Waals surface area (Å²) < 4.78 is 0. The Balaban J connectivity index is 2.33. The Morgan fingerprint density at radius 3 is 1.33 bits per heavy atom. The summed E-state index contributed by atoms with van der Waals surface area (Å²) in [6.07, 6.45) is 6.58. The standard InChI is InChI=1S/C13H26Si2/c1-14(2,3)12-10-7-8-11(9-10)13(12)15(4,5)6/h7-8,10-13H,9H2,1-6H3/t10?,11?,12-,13-/m1/s1. The van der Waals surface area contributed by atoms with Crippen molar-refractivity contribution in [2.45, 2.75) is 56.8 Å². The number of allylic oxidation sites excluding steroid dienone is 2. The van der Waals surface area contributed by atoms with Gasteiger partial charge in [0.15, 0.2) is 0 Å². The minimum absolute atomic E-state index is 0.957. The SMILES string of the molecule is C[Si](C)(C)[C@@H]1C2C=CC(C2)[C@H]1[Si](C)(C)C. The van der Waals surface area contributed by atoms with Gasteiger partial charge in [-0.3, -0.25) is 0 Å². The van der Waals surface area contributed by atoms with E-state index in [9.17, 15) is 0 Å². The average Bonchev–Trinajstić information content (AvgIpc) is 2.56. The van der Waals surface area contributed by atoms with Crippen molar-refractivity contribution >= 4 is 16.1 Å². The maximum Gasteiger partial charge on any atom is 0.0479 e. The molecule has 0 amide bonds. The van der Waals surface area contributed by atoms with Gasteiger partial charge in [-0.2, -0.15) is 0 Å². The van der Waals surface area contributed by atoms with Gasteiger partial charge in [-0.25, -0.2) is 0 Å². The lowest BCUT2D eigenvalue weighted by molar-refractivity contribution is 0.657. The molecule has 2 bridgehead atoms. The summed E-state index contributed by atoms with van der Waals surface area (Å²) in [6.45, 7) is 15.5. The molecule has 0 aromatic rings. The van der Waals surface area contributed by atoms with Crippen molar-refractivity contribution in [2.24, 2.45) is 11.8 Å². The number of hydrogen-bond acceptors (Lipinski definition) is 0. The summed E-state index contributed by atoms with van der Waals surface area (Å²) in [5.74, 6) is 1.91. The minimum Gasteiger partial charge on any atom is -0.0851 e. The van der Waals surface area contributed by atoms with Gasteiger partial charge < -0.3 is 0 Å². The van der Waals surface area contributed by atoms with Crippen molar-refractivity contribution in [3.8, 4) is 0 Å². The van der Waals surface area contributed by atoms with E-state index in [1.807, 2.05) is 0 Å². The second-order valence-corrected chi connectivity index (χ2v) is 18.5. The minimum atomic E-state index is -0.967. The zero-order chi connectivity index (χ0) is 11.4. The highest BCUT2D eigenvalue weighted by atomic mass is 28.3. The quantitative estimate of drug-likeness (QED) is 0.487. The lowest BCUT2D eigenvalue weighted by Crippen LogP contribution is -2.42. The molecule has 2 unspecified atom stereocenters. The molecule has 2 heteroatoms. The molecule has 1 fully saturated rings. The van der Waals surface area contributed by atoms with Gasteiger partial charge in [-0.1, -0.05) is 51.4 Å². The average molecular weight is 239 g/mol. The zero-order valence-electron chi connectivity index (χ0n) is 11.2. The van der Waals surface area contributed by atoms with E-state index in [1.54, 1.807) is 0 Å². The van der Waals surface area contributed by atoms with Gasteiger partial charge >= 0.3 is 0 Å². The van der Waals surface area contributed by atoms with Gasteiger partial charge in [0.05, 0.1) is 0 Å². The van der Waals surface area contributed by atoms with Gasteiger partial charge in [0.2, 0.25) is 0 Å². The summed E-state index contributed by atoms with van der Waals surface area (Å²) in [7, 11) is -1.93. The molecule has 0 aromatic heterocycles. The number of rotatable bonds is 2. The van der Waals surface area contributed by atoms with E-state index < -0.39 is 16.1 Å². The van der Waals surface area contributed by atoms with Crippen molar-refractivity contribution in [2.75, 3.05) is 0 Å². The lowest BCUT2D eigenvalue weighted by atomic mass is 10.1. The van der Waals surface area contributed by atoms with E-state index in [-0.39, 0.29) is 0 Å². The Labute approximate surface area is 97.2 Å². The Morgan fingerprint density at radius 2 is 1.07 bits per heavy atom. The smallest absolute Gasteiger partial charge is 0.0479 e. The highest BCUT2D eigenvalue weighted by molar-refractivity contribution is 6.83. The zero-order valence-corrected chi connectivity index (χ0v) is 13.2. The fourth-order valence-corrected chi connectivity index (χ4v) is 12.9. The van der Waals surface area contributed by atoms with Crippen molar-refractivity contribution in [1.82, 2.24) is 0 Å². The van der Waals surface area contributed by atoms with E-state index in [0.29, 0.717) is 0 Å². The molecule has 15 heavy (non-hydrogen) atoms. The third-order valence-electron chi connectivity index (χ3n) is 4.46. The first-order valence-electron chi connectivity index (χ1n) is 6.39. The van der Waals surface area contributed by atoms with Gasteiger partial charge in [0, 0.05) is 16.1 Å². The fraction of sp³-hybridized carbons (Fsp3) is 0.846. The van der Waals surface area contributed by atoms with Crippen LogP contribution < -0.4 is 0 Å². The highest BCUT2D eigenvalue weighted by Gasteiger charge is 2.53. The second kappa shape index (κ2) is 3.33. The summed E-state index contributed by atoms with van der Waals surface area (Å²) in [4.78, 5) is 0. The molecular formula is C13H26Si2. The first kappa shape index (κ1) is 11.7. The van der Waals surface area contributed by atoms with Gasteiger partial charge in [0.25, 0.3) is 0 Å². The molecule has 0 aliphatic heterocycles. The van der Waals surface area contributed by atoms with Crippen molar-refractivity contribution in [3.63, 3.8) is 0 Å². The van der Waals surface area contributed by atoms with Gasteiger partial charge in [0.1, 0.15) is 0 Å². The largest absolute Gasteiger partial charge is 0.0851 e. The summed E-state index contributed by atoms with van der Waals surface area (Å²) >= 11 is 0. The topological polar surface area (TPSA) is 0 Å². The summed E-state index contributed by atoms with van der Waals surface area (Å²) in [5, 5.41) is 0. The molecule has 0 heterocycles. The molecule has 0 saturated heterocycles. The lowest BCUT2D eigenvalue weighted by Gasteiger charge is -2.43. The molecule has 2 rings (SSSR count). The van der Waals surface area contributed by atoms with Crippen molar-refractivity contribution in [3.05, 3.63) is 12.2 Å².